The van der Waals surface area contributed by atoms with E-state index in [2.05, 4.69) is 19.9 Å². The standard InChI is InChI=1S/C28H29FN6O3S/c1-5-38-28(36)21-16(3)39-27-23-20(13-18(14-31-23)24-15(2)32-33-34(24)4)35(26(21)27)25(17-8-11-37-12-9-17)22-19(29)7-6-10-30-22/h6-7,10,13-14,17,25H,5,8-9,11-12H2,1-4H3. The Morgan fingerprint density at radius 1 is 1.28 bits per heavy atom. The molecule has 0 bridgehead atoms. The van der Waals surface area contributed by atoms with Gasteiger partial charge in [-0.15, -0.1) is 16.4 Å². The number of rotatable bonds is 6. The number of ether oxygens (including phenoxy) is 2. The maximum absolute atomic E-state index is 15.5. The Morgan fingerprint density at radius 3 is 2.77 bits per heavy atom. The lowest BCUT2D eigenvalue weighted by atomic mass is 9.88. The smallest absolute Gasteiger partial charge is 0.341 e. The van der Waals surface area contributed by atoms with Gasteiger partial charge in [-0.3, -0.25) is 9.97 Å². The predicted molar refractivity (Wildman–Crippen MR) is 146 cm³/mol. The van der Waals surface area contributed by atoms with Gasteiger partial charge in [-0.1, -0.05) is 5.21 Å². The van der Waals surface area contributed by atoms with Gasteiger partial charge in [-0.05, 0) is 57.7 Å². The quantitative estimate of drug-likeness (QED) is 0.263. The summed E-state index contributed by atoms with van der Waals surface area (Å²) in [6.07, 6.45) is 4.89. The van der Waals surface area contributed by atoms with Gasteiger partial charge < -0.3 is 14.0 Å². The number of carbonyl (C=O) groups is 1. The third-order valence-electron chi connectivity index (χ3n) is 7.45. The molecule has 0 saturated carbocycles. The third kappa shape index (κ3) is 4.20. The van der Waals surface area contributed by atoms with Crippen molar-refractivity contribution in [3.63, 3.8) is 0 Å². The first kappa shape index (κ1) is 25.6. The van der Waals surface area contributed by atoms with E-state index in [0.717, 1.165) is 50.4 Å². The fourth-order valence-corrected chi connectivity index (χ4v) is 6.92. The highest BCUT2D eigenvalue weighted by Crippen LogP contribution is 2.45. The highest BCUT2D eigenvalue weighted by Gasteiger charge is 2.35. The minimum atomic E-state index is -0.486. The van der Waals surface area contributed by atoms with E-state index < -0.39 is 12.0 Å². The molecule has 0 aromatic carbocycles. The van der Waals surface area contributed by atoms with Crippen LogP contribution in [0.3, 0.4) is 0 Å². The van der Waals surface area contributed by atoms with Gasteiger partial charge in [-0.2, -0.15) is 0 Å². The number of nitrogens with zero attached hydrogens (tertiary/aromatic N) is 6. The van der Waals surface area contributed by atoms with E-state index in [4.69, 9.17) is 14.5 Å². The number of hydrogen-bond acceptors (Lipinski definition) is 8. The van der Waals surface area contributed by atoms with E-state index in [1.165, 1.54) is 17.4 Å². The first-order valence-corrected chi connectivity index (χ1v) is 13.9. The maximum Gasteiger partial charge on any atom is 0.341 e. The number of halogens is 1. The zero-order chi connectivity index (χ0) is 27.3. The van der Waals surface area contributed by atoms with Crippen molar-refractivity contribution < 1.29 is 18.7 Å². The highest BCUT2D eigenvalue weighted by molar-refractivity contribution is 7.20. The number of carbonyl (C=O) groups excluding carboxylic acids is 1. The second kappa shape index (κ2) is 10.1. The molecule has 11 heteroatoms. The molecule has 0 spiro atoms. The molecule has 202 valence electrons. The molecule has 39 heavy (non-hydrogen) atoms. The maximum atomic E-state index is 15.5. The molecule has 5 aromatic heterocycles. The number of hydrogen-bond donors (Lipinski definition) is 0. The Hall–Kier alpha value is -3.70. The number of aryl methyl sites for hydroxylation is 3. The normalized spacial score (nSPS) is 15.3. The van der Waals surface area contributed by atoms with Crippen LogP contribution in [-0.2, 0) is 16.5 Å². The fraction of sp³-hybridized carbons (Fsp3) is 0.393. The Kier molecular flexibility index (Phi) is 6.64. The molecule has 5 aromatic rings. The summed E-state index contributed by atoms with van der Waals surface area (Å²) in [6, 6.07) is 4.59. The van der Waals surface area contributed by atoms with E-state index in [1.54, 1.807) is 23.9 Å². The van der Waals surface area contributed by atoms with Crippen LogP contribution >= 0.6 is 11.3 Å². The lowest BCUT2D eigenvalue weighted by Gasteiger charge is -2.32. The number of fused-ring (bicyclic) bond motifs is 3. The molecule has 0 amide bonds. The van der Waals surface area contributed by atoms with Crippen molar-refractivity contribution in [3.05, 3.63) is 58.2 Å². The predicted octanol–water partition coefficient (Wildman–Crippen LogP) is 5.39. The minimum absolute atomic E-state index is 0.0287. The van der Waals surface area contributed by atoms with Crippen molar-refractivity contribution >= 4 is 38.6 Å². The summed E-state index contributed by atoms with van der Waals surface area (Å²) in [5.74, 6) is -0.755. The molecular weight excluding hydrogens is 519 g/mol. The summed E-state index contributed by atoms with van der Waals surface area (Å²) in [4.78, 5) is 23.6. The largest absolute Gasteiger partial charge is 0.462 e. The van der Waals surface area contributed by atoms with Crippen molar-refractivity contribution in [1.29, 1.82) is 0 Å². The van der Waals surface area contributed by atoms with Gasteiger partial charge in [0.15, 0.2) is 0 Å². The molecule has 0 N–H and O–H groups in total. The monoisotopic (exact) mass is 548 g/mol. The fourth-order valence-electron chi connectivity index (χ4n) is 5.78. The first-order chi connectivity index (χ1) is 18.9. The van der Waals surface area contributed by atoms with E-state index in [0.29, 0.717) is 30.0 Å². The van der Waals surface area contributed by atoms with Crippen LogP contribution in [0.25, 0.3) is 32.5 Å². The van der Waals surface area contributed by atoms with E-state index in [9.17, 15) is 4.79 Å². The molecular formula is C28H29FN6O3S. The van der Waals surface area contributed by atoms with Crippen molar-refractivity contribution in [2.45, 2.75) is 39.7 Å². The van der Waals surface area contributed by atoms with E-state index in [-0.39, 0.29) is 18.3 Å². The van der Waals surface area contributed by atoms with Crippen LogP contribution in [0.4, 0.5) is 4.39 Å². The molecule has 1 aliphatic heterocycles. The van der Waals surface area contributed by atoms with Gasteiger partial charge in [-0.25, -0.2) is 13.9 Å². The van der Waals surface area contributed by atoms with Crippen LogP contribution in [0.2, 0.25) is 0 Å². The molecule has 1 unspecified atom stereocenters. The Labute approximate surface area is 228 Å². The van der Waals surface area contributed by atoms with Gasteiger partial charge in [0.25, 0.3) is 0 Å². The summed E-state index contributed by atoms with van der Waals surface area (Å²) in [5.41, 5.74) is 5.53. The second-order valence-corrected chi connectivity index (χ2v) is 11.0. The third-order valence-corrected chi connectivity index (χ3v) is 8.55. The lowest BCUT2D eigenvalue weighted by molar-refractivity contribution is 0.0519. The second-order valence-electron chi connectivity index (χ2n) is 9.81. The van der Waals surface area contributed by atoms with Gasteiger partial charge in [0, 0.05) is 43.1 Å². The Bertz CT molecular complexity index is 1680. The number of pyridine rings is 2. The van der Waals surface area contributed by atoms with Crippen LogP contribution in [-0.4, -0.2) is 55.3 Å². The van der Waals surface area contributed by atoms with Gasteiger partial charge >= 0.3 is 5.97 Å². The van der Waals surface area contributed by atoms with Crippen LogP contribution < -0.4 is 0 Å². The molecule has 1 aliphatic rings. The number of aromatic nitrogens is 6. The molecule has 1 atom stereocenters. The van der Waals surface area contributed by atoms with Crippen LogP contribution in [0.5, 0.6) is 0 Å². The van der Waals surface area contributed by atoms with Gasteiger partial charge in [0.1, 0.15) is 11.3 Å². The van der Waals surface area contributed by atoms with Crippen molar-refractivity contribution in [2.75, 3.05) is 19.8 Å². The molecule has 0 aliphatic carbocycles. The average molecular weight is 549 g/mol. The van der Waals surface area contributed by atoms with E-state index >= 15 is 4.39 Å². The van der Waals surface area contributed by atoms with Gasteiger partial charge in [0.2, 0.25) is 0 Å². The molecule has 0 radical (unpaired) electrons. The number of esters is 1. The lowest BCUT2D eigenvalue weighted by Crippen LogP contribution is -2.28. The average Bonchev–Trinajstić information content (AvgIpc) is 3.55. The molecule has 1 fully saturated rings. The van der Waals surface area contributed by atoms with Gasteiger partial charge in [0.05, 0.1) is 51.0 Å². The minimum Gasteiger partial charge on any atom is -0.462 e. The van der Waals surface area contributed by atoms with Crippen molar-refractivity contribution in [3.8, 4) is 11.3 Å². The van der Waals surface area contributed by atoms with Crippen molar-refractivity contribution in [2.24, 2.45) is 13.0 Å². The summed E-state index contributed by atoms with van der Waals surface area (Å²) in [7, 11) is 1.84. The van der Waals surface area contributed by atoms with E-state index in [1.807, 2.05) is 33.2 Å². The first-order valence-electron chi connectivity index (χ1n) is 13.1. The topological polar surface area (TPSA) is 97.0 Å². The van der Waals surface area contributed by atoms with Crippen LogP contribution in [0, 0.1) is 25.6 Å². The molecule has 6 heterocycles. The SMILES string of the molecule is CCOC(=O)c1c(C)sc2c3ncc(-c4c(C)nnn4C)cc3n(C(c3ncccc3F)C3CCOCC3)c12. The van der Waals surface area contributed by atoms with Crippen LogP contribution in [0.15, 0.2) is 30.6 Å². The number of thiophene rings is 1. The summed E-state index contributed by atoms with van der Waals surface area (Å²) in [5, 5.41) is 8.38. The summed E-state index contributed by atoms with van der Waals surface area (Å²) < 4.78 is 31.4. The van der Waals surface area contributed by atoms with Crippen LogP contribution in [0.1, 0.15) is 52.4 Å². The van der Waals surface area contributed by atoms with Crippen molar-refractivity contribution in [1.82, 2.24) is 29.5 Å². The summed E-state index contributed by atoms with van der Waals surface area (Å²) in [6.45, 7) is 7.02. The Morgan fingerprint density at radius 2 is 2.08 bits per heavy atom. The zero-order valence-corrected chi connectivity index (χ0v) is 23.1. The zero-order valence-electron chi connectivity index (χ0n) is 22.3. The molecule has 1 saturated heterocycles. The Balaban J connectivity index is 1.73. The molecule has 6 rings (SSSR count). The summed E-state index contributed by atoms with van der Waals surface area (Å²) >= 11 is 1.50. The highest BCUT2D eigenvalue weighted by atomic mass is 32.1. The molecule has 9 nitrogen and oxygen atoms in total.